The Kier molecular flexibility index (Phi) is 5.17. The predicted molar refractivity (Wildman–Crippen MR) is 90.8 cm³/mol. The van der Waals surface area contributed by atoms with Crippen LogP contribution in [0.25, 0.3) is 0 Å². The number of carbonyl (C=O) groups is 1. The number of aliphatic hydroxyl groups is 1. The highest BCUT2D eigenvalue weighted by Crippen LogP contribution is 2.15. The van der Waals surface area contributed by atoms with Crippen molar-refractivity contribution < 1.29 is 9.90 Å². The van der Waals surface area contributed by atoms with E-state index in [4.69, 9.17) is 0 Å². The monoisotopic (exact) mass is 347 g/mol. The van der Waals surface area contributed by atoms with Crippen molar-refractivity contribution in [3.63, 3.8) is 0 Å². The summed E-state index contributed by atoms with van der Waals surface area (Å²) in [6, 6.07) is 1.39. The lowest BCUT2D eigenvalue weighted by Crippen LogP contribution is -2.53. The molecule has 7 nitrogen and oxygen atoms in total. The van der Waals surface area contributed by atoms with Gasteiger partial charge in [0.1, 0.15) is 11.5 Å². The maximum absolute atomic E-state index is 12.4. The number of aryl methyl sites for hydroxylation is 2. The predicted octanol–water partition coefficient (Wildman–Crippen LogP) is 0.915. The number of aromatic nitrogens is 3. The van der Waals surface area contributed by atoms with E-state index in [1.807, 2.05) is 17.8 Å². The first-order chi connectivity index (χ1) is 11.5. The average molecular weight is 347 g/mol. The van der Waals surface area contributed by atoms with Crippen LogP contribution in [0.1, 0.15) is 34.1 Å². The van der Waals surface area contributed by atoms with Gasteiger partial charge in [-0.3, -0.25) is 9.69 Å². The molecule has 2 N–H and O–H groups in total. The number of rotatable bonds is 4. The lowest BCUT2D eigenvalue weighted by atomic mass is 10.0. The number of likely N-dealkylation sites (tertiary alicyclic amines) is 1. The van der Waals surface area contributed by atoms with Crippen LogP contribution in [-0.2, 0) is 6.54 Å². The van der Waals surface area contributed by atoms with Crippen molar-refractivity contribution in [2.24, 2.45) is 0 Å². The van der Waals surface area contributed by atoms with Gasteiger partial charge in [-0.15, -0.1) is 11.3 Å². The third kappa shape index (κ3) is 4.14. The molecule has 2 atom stereocenters. The van der Waals surface area contributed by atoms with Crippen molar-refractivity contribution in [3.8, 4) is 0 Å². The zero-order chi connectivity index (χ0) is 17.1. The molecule has 128 valence electrons. The number of aliphatic hydroxyl groups excluding tert-OH is 1. The van der Waals surface area contributed by atoms with Gasteiger partial charge in [-0.05, 0) is 26.3 Å². The van der Waals surface area contributed by atoms with Crippen molar-refractivity contribution in [3.05, 3.63) is 39.9 Å². The molecule has 0 bridgehead atoms. The molecule has 0 unspecified atom stereocenters. The highest BCUT2D eigenvalue weighted by molar-refractivity contribution is 7.07. The van der Waals surface area contributed by atoms with Crippen LogP contribution in [0.2, 0.25) is 0 Å². The van der Waals surface area contributed by atoms with Crippen molar-refractivity contribution in [2.45, 2.75) is 39.0 Å². The number of nitrogens with one attached hydrogen (secondary N) is 1. The van der Waals surface area contributed by atoms with E-state index in [1.54, 1.807) is 24.3 Å². The molecule has 0 saturated carbocycles. The number of piperidine rings is 1. The fourth-order valence-electron chi connectivity index (χ4n) is 2.93. The summed E-state index contributed by atoms with van der Waals surface area (Å²) in [4.78, 5) is 27.1. The van der Waals surface area contributed by atoms with Crippen LogP contribution in [0.15, 0.2) is 17.0 Å². The van der Waals surface area contributed by atoms with Crippen LogP contribution in [0.4, 0.5) is 0 Å². The second-order valence-electron chi connectivity index (χ2n) is 6.09. The molecule has 1 fully saturated rings. The standard InChI is InChI=1S/C16H21N5O2S/c1-10-5-14(19-11(2)18-10)16(23)20-13-3-4-21(7-15(13)22)6-12-8-24-9-17-12/h5,8-9,13,15,22H,3-4,6-7H2,1-2H3,(H,20,23)/t13-,15-/m1/s1. The molecule has 1 saturated heterocycles. The summed E-state index contributed by atoms with van der Waals surface area (Å²) in [6.07, 6.45) is 0.0884. The summed E-state index contributed by atoms with van der Waals surface area (Å²) in [5.41, 5.74) is 3.93. The van der Waals surface area contributed by atoms with E-state index in [2.05, 4.69) is 25.2 Å². The first kappa shape index (κ1) is 16.9. The van der Waals surface area contributed by atoms with Crippen molar-refractivity contribution >= 4 is 17.2 Å². The molecule has 1 aliphatic heterocycles. The Hall–Kier alpha value is -1.90. The number of thiazole rings is 1. The Bertz CT molecular complexity index is 686. The van der Waals surface area contributed by atoms with Gasteiger partial charge in [-0.1, -0.05) is 0 Å². The van der Waals surface area contributed by atoms with E-state index in [9.17, 15) is 9.90 Å². The normalized spacial score (nSPS) is 21.6. The number of hydrogen-bond donors (Lipinski definition) is 2. The molecule has 1 aliphatic rings. The second-order valence-corrected chi connectivity index (χ2v) is 6.81. The van der Waals surface area contributed by atoms with Gasteiger partial charge in [-0.25, -0.2) is 15.0 Å². The summed E-state index contributed by atoms with van der Waals surface area (Å²) >= 11 is 1.57. The molecule has 0 radical (unpaired) electrons. The Morgan fingerprint density at radius 1 is 1.46 bits per heavy atom. The van der Waals surface area contributed by atoms with Crippen LogP contribution in [-0.4, -0.2) is 56.1 Å². The van der Waals surface area contributed by atoms with Crippen LogP contribution in [0.5, 0.6) is 0 Å². The molecule has 2 aromatic heterocycles. The van der Waals surface area contributed by atoms with Crippen LogP contribution >= 0.6 is 11.3 Å². The third-order valence-electron chi connectivity index (χ3n) is 4.05. The molecular formula is C16H21N5O2S. The van der Waals surface area contributed by atoms with Crippen LogP contribution in [0.3, 0.4) is 0 Å². The van der Waals surface area contributed by atoms with Gasteiger partial charge in [0.2, 0.25) is 0 Å². The first-order valence-corrected chi connectivity index (χ1v) is 8.86. The molecule has 2 aromatic rings. The Morgan fingerprint density at radius 3 is 2.96 bits per heavy atom. The van der Waals surface area contributed by atoms with Gasteiger partial charge in [0.25, 0.3) is 5.91 Å². The lowest BCUT2D eigenvalue weighted by Gasteiger charge is -2.35. The molecule has 3 rings (SSSR count). The highest BCUT2D eigenvalue weighted by Gasteiger charge is 2.29. The minimum absolute atomic E-state index is 0.263. The summed E-state index contributed by atoms with van der Waals surface area (Å²) < 4.78 is 0. The molecule has 8 heteroatoms. The van der Waals surface area contributed by atoms with E-state index >= 15 is 0 Å². The molecule has 0 spiro atoms. The average Bonchev–Trinajstić information content (AvgIpc) is 3.02. The van der Waals surface area contributed by atoms with Crippen LogP contribution in [0, 0.1) is 13.8 Å². The highest BCUT2D eigenvalue weighted by atomic mass is 32.1. The molecule has 0 aromatic carbocycles. The SMILES string of the molecule is Cc1cc(C(=O)N[C@@H]2CCN(Cc3cscn3)C[C@H]2O)nc(C)n1. The lowest BCUT2D eigenvalue weighted by molar-refractivity contribution is 0.0344. The molecule has 24 heavy (non-hydrogen) atoms. The van der Waals surface area contributed by atoms with Crippen LogP contribution < -0.4 is 5.32 Å². The fraction of sp³-hybridized carbons (Fsp3) is 0.500. The molecular weight excluding hydrogens is 326 g/mol. The summed E-state index contributed by atoms with van der Waals surface area (Å²) in [7, 11) is 0. The second kappa shape index (κ2) is 7.33. The van der Waals surface area contributed by atoms with Crippen molar-refractivity contribution in [2.75, 3.05) is 13.1 Å². The quantitative estimate of drug-likeness (QED) is 0.854. The van der Waals surface area contributed by atoms with Gasteiger partial charge in [0.15, 0.2) is 0 Å². The van der Waals surface area contributed by atoms with E-state index in [0.29, 0.717) is 24.5 Å². The maximum atomic E-state index is 12.4. The van der Waals surface area contributed by atoms with E-state index in [-0.39, 0.29) is 11.9 Å². The minimum Gasteiger partial charge on any atom is -0.390 e. The Balaban J connectivity index is 1.57. The van der Waals surface area contributed by atoms with Gasteiger partial charge in [-0.2, -0.15) is 0 Å². The zero-order valence-corrected chi connectivity index (χ0v) is 14.6. The summed E-state index contributed by atoms with van der Waals surface area (Å²) in [6.45, 7) is 5.64. The Morgan fingerprint density at radius 2 is 2.29 bits per heavy atom. The molecule has 3 heterocycles. The van der Waals surface area contributed by atoms with Gasteiger partial charge in [0.05, 0.1) is 23.4 Å². The van der Waals surface area contributed by atoms with Gasteiger partial charge >= 0.3 is 0 Å². The van der Waals surface area contributed by atoms with E-state index < -0.39 is 6.10 Å². The van der Waals surface area contributed by atoms with Gasteiger partial charge in [0, 0.05) is 30.7 Å². The number of amides is 1. The number of carbonyl (C=O) groups excluding carboxylic acids is 1. The van der Waals surface area contributed by atoms with E-state index in [0.717, 1.165) is 24.5 Å². The number of β-amino-alcohol motifs (C(OH)–C–C–N with tert-alkyl or cyclic N) is 1. The number of hydrogen-bond acceptors (Lipinski definition) is 7. The topological polar surface area (TPSA) is 91.2 Å². The smallest absolute Gasteiger partial charge is 0.270 e. The maximum Gasteiger partial charge on any atom is 0.270 e. The van der Waals surface area contributed by atoms with E-state index in [1.165, 1.54) is 0 Å². The largest absolute Gasteiger partial charge is 0.390 e. The summed E-state index contributed by atoms with van der Waals surface area (Å²) in [5.74, 6) is 0.305. The minimum atomic E-state index is -0.606. The Labute approximate surface area is 144 Å². The third-order valence-corrected chi connectivity index (χ3v) is 4.69. The number of nitrogens with zero attached hydrogens (tertiary/aromatic N) is 4. The molecule has 1 amide bonds. The summed E-state index contributed by atoms with van der Waals surface area (Å²) in [5, 5.41) is 15.3. The zero-order valence-electron chi connectivity index (χ0n) is 13.8. The van der Waals surface area contributed by atoms with Gasteiger partial charge < -0.3 is 10.4 Å². The first-order valence-electron chi connectivity index (χ1n) is 7.92. The van der Waals surface area contributed by atoms with Crippen molar-refractivity contribution in [1.29, 1.82) is 0 Å². The fourth-order valence-corrected chi connectivity index (χ4v) is 3.48. The van der Waals surface area contributed by atoms with Crippen molar-refractivity contribution in [1.82, 2.24) is 25.2 Å². The molecule has 0 aliphatic carbocycles.